The number of carbonyl (C=O) groups excluding carboxylic acids is 1. The molecule has 2 heterocycles. The maximum absolute atomic E-state index is 12.2. The van der Waals surface area contributed by atoms with Crippen LogP contribution in [0.4, 0.5) is 10.6 Å². The third-order valence-electron chi connectivity index (χ3n) is 4.50. The van der Waals surface area contributed by atoms with Gasteiger partial charge in [-0.25, -0.2) is 4.79 Å². The molecule has 2 fully saturated rings. The standard InChI is InChI=1S/C13H18N4O3/c1-16-5-2-10(15-16)14-11(18)9-8-13(9)3-6-17(7-4-13)12(19)20/h2,5,9H,3-4,6-8H2,1H3,(H,19,20)(H,14,15,18). The van der Waals surface area contributed by atoms with E-state index in [1.54, 1.807) is 24.0 Å². The number of hydrogen-bond acceptors (Lipinski definition) is 3. The van der Waals surface area contributed by atoms with E-state index in [1.807, 2.05) is 0 Å². The molecule has 1 spiro atoms. The average molecular weight is 278 g/mol. The van der Waals surface area contributed by atoms with Crippen LogP contribution < -0.4 is 5.32 Å². The van der Waals surface area contributed by atoms with E-state index in [-0.39, 0.29) is 17.2 Å². The molecule has 2 amide bonds. The largest absolute Gasteiger partial charge is 0.465 e. The molecular weight excluding hydrogens is 260 g/mol. The normalized spacial score (nSPS) is 23.6. The summed E-state index contributed by atoms with van der Waals surface area (Å²) >= 11 is 0. The minimum absolute atomic E-state index is 0.000418. The van der Waals surface area contributed by atoms with Gasteiger partial charge in [-0.3, -0.25) is 9.48 Å². The van der Waals surface area contributed by atoms with E-state index in [0.29, 0.717) is 18.9 Å². The van der Waals surface area contributed by atoms with Crippen molar-refractivity contribution >= 4 is 17.8 Å². The zero-order valence-corrected chi connectivity index (χ0v) is 11.4. The van der Waals surface area contributed by atoms with Gasteiger partial charge in [-0.2, -0.15) is 5.10 Å². The molecule has 20 heavy (non-hydrogen) atoms. The number of nitrogens with zero attached hydrogens (tertiary/aromatic N) is 3. The maximum atomic E-state index is 12.2. The van der Waals surface area contributed by atoms with Crippen molar-refractivity contribution in [3.05, 3.63) is 12.3 Å². The van der Waals surface area contributed by atoms with Crippen molar-refractivity contribution in [1.29, 1.82) is 0 Å². The van der Waals surface area contributed by atoms with Gasteiger partial charge in [0.05, 0.1) is 0 Å². The van der Waals surface area contributed by atoms with Crippen molar-refractivity contribution in [3.63, 3.8) is 0 Å². The Morgan fingerprint density at radius 2 is 2.15 bits per heavy atom. The summed E-state index contributed by atoms with van der Waals surface area (Å²) in [6.07, 6.45) is 3.33. The van der Waals surface area contributed by atoms with Gasteiger partial charge in [0.25, 0.3) is 0 Å². The van der Waals surface area contributed by atoms with Crippen molar-refractivity contribution in [1.82, 2.24) is 14.7 Å². The van der Waals surface area contributed by atoms with E-state index in [2.05, 4.69) is 10.4 Å². The number of likely N-dealkylation sites (tertiary alicyclic amines) is 1. The van der Waals surface area contributed by atoms with Crippen molar-refractivity contribution in [2.75, 3.05) is 18.4 Å². The molecule has 7 nitrogen and oxygen atoms in total. The molecule has 1 aliphatic heterocycles. The van der Waals surface area contributed by atoms with Crippen LogP contribution in [0.3, 0.4) is 0 Å². The number of hydrogen-bond donors (Lipinski definition) is 2. The van der Waals surface area contributed by atoms with Gasteiger partial charge in [-0.1, -0.05) is 0 Å². The van der Waals surface area contributed by atoms with Crippen LogP contribution in [0.5, 0.6) is 0 Å². The summed E-state index contributed by atoms with van der Waals surface area (Å²) in [7, 11) is 1.80. The molecule has 1 aromatic rings. The van der Waals surface area contributed by atoms with Crippen LogP contribution in [0, 0.1) is 11.3 Å². The second kappa shape index (κ2) is 4.50. The van der Waals surface area contributed by atoms with Crippen molar-refractivity contribution < 1.29 is 14.7 Å². The summed E-state index contributed by atoms with van der Waals surface area (Å²) < 4.78 is 1.64. The Hall–Kier alpha value is -2.05. The molecule has 2 aliphatic rings. The molecule has 1 unspecified atom stereocenters. The Kier molecular flexibility index (Phi) is 2.92. The third kappa shape index (κ3) is 2.23. The van der Waals surface area contributed by atoms with Crippen LogP contribution in [0.25, 0.3) is 0 Å². The van der Waals surface area contributed by atoms with Gasteiger partial charge in [0.2, 0.25) is 5.91 Å². The SMILES string of the molecule is Cn1ccc(NC(=O)C2CC23CCN(C(=O)O)CC3)n1. The molecule has 1 saturated carbocycles. The highest BCUT2D eigenvalue weighted by Crippen LogP contribution is 2.59. The van der Waals surface area contributed by atoms with Crippen LogP contribution in [-0.4, -0.2) is 44.9 Å². The van der Waals surface area contributed by atoms with E-state index in [9.17, 15) is 9.59 Å². The predicted molar refractivity (Wildman–Crippen MR) is 71.2 cm³/mol. The number of aryl methyl sites for hydroxylation is 1. The number of carboxylic acid groups (broad SMARTS) is 1. The lowest BCUT2D eigenvalue weighted by molar-refractivity contribution is -0.118. The topological polar surface area (TPSA) is 87.5 Å². The number of amides is 2. The zero-order valence-electron chi connectivity index (χ0n) is 11.4. The van der Waals surface area contributed by atoms with Crippen molar-refractivity contribution in [3.8, 4) is 0 Å². The molecule has 0 bridgehead atoms. The minimum Gasteiger partial charge on any atom is -0.465 e. The average Bonchev–Trinajstić information content (AvgIpc) is 2.95. The Bertz CT molecular complexity index is 546. The lowest BCUT2D eigenvalue weighted by Crippen LogP contribution is -2.39. The maximum Gasteiger partial charge on any atom is 0.407 e. The molecule has 0 aromatic carbocycles. The molecule has 3 rings (SSSR count). The molecule has 1 aromatic heterocycles. The summed E-state index contributed by atoms with van der Waals surface area (Å²) in [6.45, 7) is 1.06. The fourth-order valence-electron chi connectivity index (χ4n) is 3.11. The lowest BCUT2D eigenvalue weighted by Gasteiger charge is -2.30. The number of nitrogens with one attached hydrogen (secondary N) is 1. The van der Waals surface area contributed by atoms with Gasteiger partial charge in [0.15, 0.2) is 5.82 Å². The summed E-state index contributed by atoms with van der Waals surface area (Å²) in [4.78, 5) is 24.5. The van der Waals surface area contributed by atoms with Gasteiger partial charge in [0, 0.05) is 38.3 Å². The monoisotopic (exact) mass is 278 g/mol. The highest BCUT2D eigenvalue weighted by atomic mass is 16.4. The summed E-state index contributed by atoms with van der Waals surface area (Å²) in [6, 6.07) is 1.76. The molecular formula is C13H18N4O3. The third-order valence-corrected chi connectivity index (χ3v) is 4.50. The zero-order chi connectivity index (χ0) is 14.3. The van der Waals surface area contributed by atoms with Crippen LogP contribution >= 0.6 is 0 Å². The Labute approximate surface area is 116 Å². The highest BCUT2D eigenvalue weighted by Gasteiger charge is 2.58. The fraction of sp³-hybridized carbons (Fsp3) is 0.615. The summed E-state index contributed by atoms with van der Waals surface area (Å²) in [5.41, 5.74) is 0.0187. The molecule has 1 atom stereocenters. The van der Waals surface area contributed by atoms with E-state index >= 15 is 0 Å². The summed E-state index contributed by atoms with van der Waals surface area (Å²) in [5, 5.41) is 15.9. The van der Waals surface area contributed by atoms with Gasteiger partial charge < -0.3 is 15.3 Å². The van der Waals surface area contributed by atoms with E-state index in [4.69, 9.17) is 5.11 Å². The van der Waals surface area contributed by atoms with E-state index < -0.39 is 6.09 Å². The second-order valence-electron chi connectivity index (χ2n) is 5.75. The molecule has 1 aliphatic carbocycles. The first kappa shape index (κ1) is 13.0. The Balaban J connectivity index is 1.56. The highest BCUT2D eigenvalue weighted by molar-refractivity contribution is 5.94. The van der Waals surface area contributed by atoms with Gasteiger partial charge >= 0.3 is 6.09 Å². The van der Waals surface area contributed by atoms with Crippen LogP contribution in [0.2, 0.25) is 0 Å². The van der Waals surface area contributed by atoms with Crippen molar-refractivity contribution in [2.24, 2.45) is 18.4 Å². The van der Waals surface area contributed by atoms with Crippen LogP contribution in [0.15, 0.2) is 12.3 Å². The number of anilines is 1. The minimum atomic E-state index is -0.866. The van der Waals surface area contributed by atoms with Gasteiger partial charge in [-0.15, -0.1) is 0 Å². The molecule has 0 radical (unpaired) electrons. The van der Waals surface area contributed by atoms with Crippen LogP contribution in [-0.2, 0) is 11.8 Å². The lowest BCUT2D eigenvalue weighted by atomic mass is 9.91. The fourth-order valence-corrected chi connectivity index (χ4v) is 3.11. The molecule has 7 heteroatoms. The molecule has 108 valence electrons. The number of carbonyl (C=O) groups is 2. The smallest absolute Gasteiger partial charge is 0.407 e. The Morgan fingerprint density at radius 1 is 1.45 bits per heavy atom. The number of piperidine rings is 1. The quantitative estimate of drug-likeness (QED) is 0.849. The Morgan fingerprint density at radius 3 is 2.70 bits per heavy atom. The number of rotatable bonds is 2. The molecule has 2 N–H and O–H groups in total. The first-order chi connectivity index (χ1) is 9.50. The van der Waals surface area contributed by atoms with Gasteiger partial charge in [0.1, 0.15) is 0 Å². The van der Waals surface area contributed by atoms with Crippen molar-refractivity contribution in [2.45, 2.75) is 19.3 Å². The van der Waals surface area contributed by atoms with E-state index in [1.165, 1.54) is 4.90 Å². The summed E-state index contributed by atoms with van der Waals surface area (Å²) in [5.74, 6) is 0.579. The predicted octanol–water partition coefficient (Wildman–Crippen LogP) is 1.14. The second-order valence-corrected chi connectivity index (χ2v) is 5.75. The number of aromatic nitrogens is 2. The van der Waals surface area contributed by atoms with E-state index in [0.717, 1.165) is 19.3 Å². The van der Waals surface area contributed by atoms with Gasteiger partial charge in [-0.05, 0) is 24.7 Å². The van der Waals surface area contributed by atoms with Crippen LogP contribution in [0.1, 0.15) is 19.3 Å². The molecule has 1 saturated heterocycles. The first-order valence-corrected chi connectivity index (χ1v) is 6.79. The first-order valence-electron chi connectivity index (χ1n) is 6.79.